The van der Waals surface area contributed by atoms with Crippen molar-refractivity contribution in [3.63, 3.8) is 0 Å². The average molecular weight is 634 g/mol. The Hall–Kier alpha value is -2.25. The number of ether oxygens (including phenoxy) is 1. The second-order valence-corrected chi connectivity index (χ2v) is 11.2. The fourth-order valence-electron chi connectivity index (χ4n) is 4.82. The lowest BCUT2D eigenvalue weighted by Gasteiger charge is -2.13. The molecule has 0 saturated carbocycles. The number of nitrogens with zero attached hydrogens (tertiary/aromatic N) is 1. The van der Waals surface area contributed by atoms with Crippen LogP contribution in [0.15, 0.2) is 53.4 Å². The standard InChI is InChI=1S/C33H45FN2O2S.BrH/c1-3-4-5-6-7-8-9-10-11-12-13-16-22-38-33-28(19-17-20-30(33)34)23-32(37)35-31-21-15-14-18-29(31)24-36-26-39-25-27(36)2;/h14-15,17-21,25-26H,3-13,16,22-24H2,1-2H3;1H. The number of halogens is 2. The number of benzene rings is 2. The van der Waals surface area contributed by atoms with Crippen molar-refractivity contribution in [3.05, 3.63) is 76.0 Å². The third kappa shape index (κ3) is 12.1. The van der Waals surface area contributed by atoms with Crippen molar-refractivity contribution in [1.29, 1.82) is 0 Å². The minimum Gasteiger partial charge on any atom is -1.00 e. The summed E-state index contributed by atoms with van der Waals surface area (Å²) in [5.41, 5.74) is 5.62. The molecule has 1 N–H and O–H groups in total. The van der Waals surface area contributed by atoms with Gasteiger partial charge in [0.05, 0.1) is 24.1 Å². The van der Waals surface area contributed by atoms with Gasteiger partial charge in [-0.05, 0) is 18.6 Å². The van der Waals surface area contributed by atoms with Gasteiger partial charge in [0.2, 0.25) is 11.4 Å². The van der Waals surface area contributed by atoms with Crippen LogP contribution in [-0.4, -0.2) is 12.5 Å². The van der Waals surface area contributed by atoms with E-state index >= 15 is 0 Å². The number of aryl methyl sites for hydroxylation is 1. The van der Waals surface area contributed by atoms with Gasteiger partial charge in [-0.3, -0.25) is 4.79 Å². The molecule has 0 spiro atoms. The highest BCUT2D eigenvalue weighted by molar-refractivity contribution is 7.07. The average Bonchev–Trinajstić information content (AvgIpc) is 3.33. The number of carbonyl (C=O) groups excluding carboxylic acids is 1. The number of rotatable bonds is 19. The SMILES string of the molecule is CCCCCCCCCCCCCCOc1c(F)cccc1CC(=O)Nc1ccccc1C[n+]1cscc1C.[Br-]. The Labute approximate surface area is 255 Å². The monoisotopic (exact) mass is 632 g/mol. The summed E-state index contributed by atoms with van der Waals surface area (Å²) in [6, 6.07) is 12.6. The van der Waals surface area contributed by atoms with Crippen LogP contribution >= 0.6 is 11.3 Å². The smallest absolute Gasteiger partial charge is 0.228 e. The molecular formula is C33H46BrFN2O2S. The van der Waals surface area contributed by atoms with E-state index < -0.39 is 5.82 Å². The number of anilines is 1. The molecule has 220 valence electrons. The second-order valence-electron chi connectivity index (χ2n) is 10.5. The van der Waals surface area contributed by atoms with Crippen LogP contribution in [0.5, 0.6) is 5.75 Å². The topological polar surface area (TPSA) is 42.2 Å². The lowest BCUT2D eigenvalue weighted by molar-refractivity contribution is -0.689. The normalized spacial score (nSPS) is 10.8. The minimum atomic E-state index is -0.413. The molecule has 0 aliphatic rings. The summed E-state index contributed by atoms with van der Waals surface area (Å²) in [6.45, 7) is 5.47. The Morgan fingerprint density at radius 2 is 1.50 bits per heavy atom. The first-order valence-corrected chi connectivity index (χ1v) is 15.7. The fraction of sp³-hybridized carbons (Fsp3) is 0.515. The van der Waals surface area contributed by atoms with E-state index in [0.29, 0.717) is 18.7 Å². The van der Waals surface area contributed by atoms with Crippen molar-refractivity contribution in [3.8, 4) is 5.75 Å². The van der Waals surface area contributed by atoms with Gasteiger partial charge < -0.3 is 27.0 Å². The Kier molecular flexibility index (Phi) is 16.8. The summed E-state index contributed by atoms with van der Waals surface area (Å²) >= 11 is 1.65. The molecule has 1 aromatic heterocycles. The molecule has 0 bridgehead atoms. The zero-order valence-corrected chi connectivity index (χ0v) is 26.6. The summed E-state index contributed by atoms with van der Waals surface area (Å²) in [7, 11) is 0. The van der Waals surface area contributed by atoms with Crippen LogP contribution < -0.4 is 31.6 Å². The van der Waals surface area contributed by atoms with E-state index in [2.05, 4.69) is 34.6 Å². The highest BCUT2D eigenvalue weighted by atomic mass is 79.9. The molecule has 0 radical (unpaired) electrons. The molecule has 1 amide bonds. The van der Waals surface area contributed by atoms with Gasteiger partial charge in [0.1, 0.15) is 0 Å². The second kappa shape index (κ2) is 19.8. The van der Waals surface area contributed by atoms with E-state index in [1.54, 1.807) is 23.5 Å². The van der Waals surface area contributed by atoms with E-state index in [1.165, 1.54) is 76.0 Å². The van der Waals surface area contributed by atoms with Gasteiger partial charge in [0.15, 0.2) is 23.8 Å². The third-order valence-electron chi connectivity index (χ3n) is 7.16. The molecule has 4 nitrogen and oxygen atoms in total. The van der Waals surface area contributed by atoms with Crippen LogP contribution in [0, 0.1) is 12.7 Å². The molecule has 0 fully saturated rings. The summed E-state index contributed by atoms with van der Waals surface area (Å²) < 4.78 is 22.6. The first-order valence-electron chi connectivity index (χ1n) is 14.8. The van der Waals surface area contributed by atoms with Crippen molar-refractivity contribution < 1.29 is 35.5 Å². The molecule has 0 aliphatic carbocycles. The number of amides is 1. The first-order chi connectivity index (χ1) is 19.1. The number of aromatic nitrogens is 1. The zero-order valence-electron chi connectivity index (χ0n) is 24.2. The van der Waals surface area contributed by atoms with E-state index in [9.17, 15) is 9.18 Å². The van der Waals surface area contributed by atoms with Gasteiger partial charge in [-0.15, -0.1) is 0 Å². The first kappa shape index (κ1) is 34.0. The van der Waals surface area contributed by atoms with E-state index in [-0.39, 0.29) is 35.1 Å². The van der Waals surface area contributed by atoms with Crippen LogP contribution in [0.2, 0.25) is 0 Å². The summed E-state index contributed by atoms with van der Waals surface area (Å²) in [5, 5.41) is 5.13. The Morgan fingerprint density at radius 3 is 2.15 bits per heavy atom. The Morgan fingerprint density at radius 1 is 0.875 bits per heavy atom. The Balaban J connectivity index is 0.00000560. The summed E-state index contributed by atoms with van der Waals surface area (Å²) in [5.74, 6) is -0.396. The summed E-state index contributed by atoms with van der Waals surface area (Å²) in [4.78, 5) is 13.0. The maximum atomic E-state index is 14.6. The van der Waals surface area contributed by atoms with Gasteiger partial charge >= 0.3 is 0 Å². The van der Waals surface area contributed by atoms with Crippen LogP contribution in [0.25, 0.3) is 0 Å². The molecule has 0 unspecified atom stereocenters. The number of hydrogen-bond donors (Lipinski definition) is 1. The third-order valence-corrected chi connectivity index (χ3v) is 8.01. The van der Waals surface area contributed by atoms with E-state index in [0.717, 1.165) is 24.1 Å². The summed E-state index contributed by atoms with van der Waals surface area (Å²) in [6.07, 6.45) is 15.3. The van der Waals surface area contributed by atoms with E-state index in [1.807, 2.05) is 24.3 Å². The predicted molar refractivity (Wildman–Crippen MR) is 160 cm³/mol. The molecule has 0 saturated heterocycles. The number of thiazole rings is 1. The molecule has 2 aromatic carbocycles. The highest BCUT2D eigenvalue weighted by Crippen LogP contribution is 2.25. The molecule has 0 aliphatic heterocycles. The predicted octanol–water partition coefficient (Wildman–Crippen LogP) is 5.80. The molecule has 40 heavy (non-hydrogen) atoms. The molecular weight excluding hydrogens is 587 g/mol. The van der Waals surface area contributed by atoms with Crippen molar-refractivity contribution in [2.24, 2.45) is 0 Å². The van der Waals surface area contributed by atoms with Gasteiger partial charge in [-0.2, -0.15) is 4.57 Å². The molecule has 7 heteroatoms. The number of para-hydroxylation sites is 2. The van der Waals surface area contributed by atoms with E-state index in [4.69, 9.17) is 4.74 Å². The fourth-order valence-corrected chi connectivity index (χ4v) is 5.60. The maximum Gasteiger partial charge on any atom is 0.228 e. The minimum absolute atomic E-state index is 0. The van der Waals surface area contributed by atoms with Crippen LogP contribution in [-0.2, 0) is 17.8 Å². The lowest BCUT2D eigenvalue weighted by atomic mass is 10.1. The zero-order chi connectivity index (χ0) is 27.7. The van der Waals surface area contributed by atoms with Crippen LogP contribution in [0.3, 0.4) is 0 Å². The largest absolute Gasteiger partial charge is 1.00 e. The van der Waals surface area contributed by atoms with Gasteiger partial charge in [-0.25, -0.2) is 4.39 Å². The number of nitrogens with one attached hydrogen (secondary N) is 1. The number of unbranched alkanes of at least 4 members (excludes halogenated alkanes) is 11. The molecule has 3 aromatic rings. The highest BCUT2D eigenvalue weighted by Gasteiger charge is 2.16. The van der Waals surface area contributed by atoms with Gasteiger partial charge in [0.25, 0.3) is 0 Å². The van der Waals surface area contributed by atoms with Crippen molar-refractivity contribution in [2.75, 3.05) is 11.9 Å². The van der Waals surface area contributed by atoms with Crippen LogP contribution in [0.1, 0.15) is 101 Å². The van der Waals surface area contributed by atoms with Gasteiger partial charge in [-0.1, -0.05) is 119 Å². The molecule has 3 rings (SSSR count). The van der Waals surface area contributed by atoms with Crippen LogP contribution in [0.4, 0.5) is 10.1 Å². The number of hydrogen-bond acceptors (Lipinski definition) is 3. The molecule has 0 atom stereocenters. The molecule has 1 heterocycles. The van der Waals surface area contributed by atoms with Crippen molar-refractivity contribution in [2.45, 2.75) is 104 Å². The maximum absolute atomic E-state index is 14.6. The van der Waals surface area contributed by atoms with Crippen molar-refractivity contribution in [1.82, 2.24) is 0 Å². The Bertz CT molecular complexity index is 1140. The van der Waals surface area contributed by atoms with Gasteiger partial charge in [0, 0.05) is 18.1 Å². The number of carbonyl (C=O) groups is 1. The quantitative estimate of drug-likeness (QED) is 0.134. The lowest BCUT2D eigenvalue weighted by Crippen LogP contribution is -3.00. The van der Waals surface area contributed by atoms with Crippen molar-refractivity contribution >= 4 is 22.9 Å².